The molecule has 0 fully saturated rings. The minimum atomic E-state index is -4.40. The summed E-state index contributed by atoms with van der Waals surface area (Å²) in [6.45, 7) is -1.82. The lowest BCUT2D eigenvalue weighted by Gasteiger charge is -2.24. The maximum Gasteiger partial charge on any atom is 0.405 e. The van der Waals surface area contributed by atoms with Crippen LogP contribution in [0.25, 0.3) is 10.2 Å². The van der Waals surface area contributed by atoms with Gasteiger partial charge in [0.05, 0.1) is 12.0 Å². The SMILES string of the molecule is NNc1nc(N(CCO)CC(F)(F)F)c2ccsc2n1. The van der Waals surface area contributed by atoms with Crippen molar-refractivity contribution >= 4 is 33.3 Å². The van der Waals surface area contributed by atoms with Crippen molar-refractivity contribution in [3.63, 3.8) is 0 Å². The maximum atomic E-state index is 12.6. The molecule has 0 saturated heterocycles. The van der Waals surface area contributed by atoms with Crippen molar-refractivity contribution in [2.75, 3.05) is 30.0 Å². The van der Waals surface area contributed by atoms with Crippen LogP contribution in [0.2, 0.25) is 0 Å². The van der Waals surface area contributed by atoms with Crippen LogP contribution in [0.5, 0.6) is 0 Å². The smallest absolute Gasteiger partial charge is 0.395 e. The van der Waals surface area contributed by atoms with E-state index in [-0.39, 0.29) is 18.3 Å². The number of hydrogen-bond donors (Lipinski definition) is 3. The Hall–Kier alpha value is -1.65. The van der Waals surface area contributed by atoms with Crippen LogP contribution >= 0.6 is 11.3 Å². The van der Waals surface area contributed by atoms with Gasteiger partial charge in [-0.15, -0.1) is 11.3 Å². The molecular formula is C10H12F3N5OS. The molecule has 2 aromatic heterocycles. The highest BCUT2D eigenvalue weighted by Gasteiger charge is 2.32. The van der Waals surface area contributed by atoms with Crippen molar-refractivity contribution in [3.8, 4) is 0 Å². The number of anilines is 2. The number of aromatic nitrogens is 2. The van der Waals surface area contributed by atoms with Crippen molar-refractivity contribution in [2.24, 2.45) is 5.84 Å². The first kappa shape index (κ1) is 14.8. The molecule has 110 valence electrons. The molecule has 2 aromatic rings. The molecule has 0 atom stereocenters. The molecule has 2 rings (SSSR count). The number of nitrogen functional groups attached to an aromatic ring is 1. The van der Waals surface area contributed by atoms with Crippen LogP contribution in [0.4, 0.5) is 24.9 Å². The van der Waals surface area contributed by atoms with E-state index in [2.05, 4.69) is 15.4 Å². The van der Waals surface area contributed by atoms with E-state index < -0.39 is 19.3 Å². The molecule has 0 radical (unpaired) electrons. The van der Waals surface area contributed by atoms with Crippen LogP contribution in [0.1, 0.15) is 0 Å². The van der Waals surface area contributed by atoms with Crippen LogP contribution in [0.15, 0.2) is 11.4 Å². The summed E-state index contributed by atoms with van der Waals surface area (Å²) in [5.74, 6) is 5.34. The summed E-state index contributed by atoms with van der Waals surface area (Å²) in [7, 11) is 0. The first-order valence-corrected chi connectivity index (χ1v) is 6.47. The van der Waals surface area contributed by atoms with Crippen LogP contribution < -0.4 is 16.2 Å². The molecule has 20 heavy (non-hydrogen) atoms. The largest absolute Gasteiger partial charge is 0.405 e. The number of hydrazine groups is 1. The molecule has 0 saturated carbocycles. The molecule has 6 nitrogen and oxygen atoms in total. The van der Waals surface area contributed by atoms with Crippen molar-refractivity contribution in [3.05, 3.63) is 11.4 Å². The van der Waals surface area contributed by atoms with E-state index in [0.717, 1.165) is 4.90 Å². The van der Waals surface area contributed by atoms with Crippen LogP contribution in [-0.4, -0.2) is 40.9 Å². The molecule has 0 aliphatic heterocycles. The van der Waals surface area contributed by atoms with E-state index in [1.54, 1.807) is 11.4 Å². The molecule has 4 N–H and O–H groups in total. The summed E-state index contributed by atoms with van der Waals surface area (Å²) in [5, 5.41) is 11.1. The molecule has 10 heteroatoms. The van der Waals surface area contributed by atoms with Gasteiger partial charge in [0.15, 0.2) is 0 Å². The molecule has 0 aliphatic rings. The first-order valence-electron chi connectivity index (χ1n) is 5.59. The molecule has 0 aliphatic carbocycles. The van der Waals surface area contributed by atoms with E-state index in [1.807, 2.05) is 0 Å². The number of nitrogens with one attached hydrogen (secondary N) is 1. The van der Waals surface area contributed by atoms with Crippen molar-refractivity contribution in [1.29, 1.82) is 0 Å². The number of aliphatic hydroxyl groups is 1. The zero-order chi connectivity index (χ0) is 14.8. The summed E-state index contributed by atoms with van der Waals surface area (Å²) < 4.78 is 37.9. The van der Waals surface area contributed by atoms with Gasteiger partial charge in [-0.2, -0.15) is 18.2 Å². The number of nitrogens with zero attached hydrogens (tertiary/aromatic N) is 3. The average molecular weight is 307 g/mol. The fourth-order valence-electron chi connectivity index (χ4n) is 1.74. The zero-order valence-electron chi connectivity index (χ0n) is 10.2. The minimum absolute atomic E-state index is 0.0278. The van der Waals surface area contributed by atoms with E-state index >= 15 is 0 Å². The molecule has 0 bridgehead atoms. The third-order valence-corrected chi connectivity index (χ3v) is 3.28. The van der Waals surface area contributed by atoms with Gasteiger partial charge in [0.1, 0.15) is 17.2 Å². The zero-order valence-corrected chi connectivity index (χ0v) is 11.0. The number of rotatable bonds is 5. The Morgan fingerprint density at radius 3 is 2.75 bits per heavy atom. The second-order valence-corrected chi connectivity index (χ2v) is 4.81. The lowest BCUT2D eigenvalue weighted by atomic mass is 10.3. The Kier molecular flexibility index (Phi) is 4.26. The molecule has 2 heterocycles. The van der Waals surface area contributed by atoms with Gasteiger partial charge in [-0.05, 0) is 11.4 Å². The van der Waals surface area contributed by atoms with Crippen LogP contribution in [0.3, 0.4) is 0 Å². The summed E-state index contributed by atoms with van der Waals surface area (Å²) >= 11 is 1.27. The average Bonchev–Trinajstić information content (AvgIpc) is 2.83. The van der Waals surface area contributed by atoms with Gasteiger partial charge in [-0.3, -0.25) is 5.43 Å². The van der Waals surface area contributed by atoms with Gasteiger partial charge in [0, 0.05) is 6.54 Å². The highest BCUT2D eigenvalue weighted by Crippen LogP contribution is 2.30. The van der Waals surface area contributed by atoms with Crippen LogP contribution in [-0.2, 0) is 0 Å². The number of alkyl halides is 3. The van der Waals surface area contributed by atoms with Gasteiger partial charge < -0.3 is 10.0 Å². The molecule has 0 unspecified atom stereocenters. The lowest BCUT2D eigenvalue weighted by Crippen LogP contribution is -2.37. The molecular weight excluding hydrogens is 295 g/mol. The van der Waals surface area contributed by atoms with E-state index in [9.17, 15) is 13.2 Å². The first-order chi connectivity index (χ1) is 9.44. The van der Waals surface area contributed by atoms with E-state index in [0.29, 0.717) is 10.2 Å². The molecule has 0 spiro atoms. The number of fused-ring (bicyclic) bond motifs is 1. The molecule has 0 amide bonds. The Morgan fingerprint density at radius 2 is 2.15 bits per heavy atom. The number of thiophene rings is 1. The Morgan fingerprint density at radius 1 is 1.40 bits per heavy atom. The van der Waals surface area contributed by atoms with Crippen LogP contribution in [0, 0.1) is 0 Å². The fraction of sp³-hybridized carbons (Fsp3) is 0.400. The highest BCUT2D eigenvalue weighted by atomic mass is 32.1. The minimum Gasteiger partial charge on any atom is -0.395 e. The Bertz CT molecular complexity index is 588. The number of nitrogens with two attached hydrogens (primary N) is 1. The lowest BCUT2D eigenvalue weighted by molar-refractivity contribution is -0.119. The van der Waals surface area contributed by atoms with Gasteiger partial charge in [0.2, 0.25) is 5.95 Å². The Balaban J connectivity index is 2.48. The van der Waals surface area contributed by atoms with E-state index in [1.165, 1.54) is 11.3 Å². The monoisotopic (exact) mass is 307 g/mol. The number of aliphatic hydroxyl groups excluding tert-OH is 1. The summed E-state index contributed by atoms with van der Waals surface area (Å²) in [4.78, 5) is 9.50. The van der Waals surface area contributed by atoms with Gasteiger partial charge in [0.25, 0.3) is 0 Å². The van der Waals surface area contributed by atoms with E-state index in [4.69, 9.17) is 10.9 Å². The van der Waals surface area contributed by atoms with Crippen molar-refractivity contribution < 1.29 is 18.3 Å². The predicted molar refractivity (Wildman–Crippen MR) is 70.6 cm³/mol. The van der Waals surface area contributed by atoms with Crippen molar-refractivity contribution in [2.45, 2.75) is 6.18 Å². The summed E-state index contributed by atoms with van der Waals surface area (Å²) in [6.07, 6.45) is -4.40. The third kappa shape index (κ3) is 3.26. The second kappa shape index (κ2) is 5.77. The summed E-state index contributed by atoms with van der Waals surface area (Å²) in [5.41, 5.74) is 2.22. The van der Waals surface area contributed by atoms with Gasteiger partial charge in [-0.1, -0.05) is 0 Å². The predicted octanol–water partition coefficient (Wildman–Crippen LogP) is 1.34. The normalized spacial score (nSPS) is 11.8. The fourth-order valence-corrected chi connectivity index (χ4v) is 2.50. The van der Waals surface area contributed by atoms with Crippen molar-refractivity contribution in [1.82, 2.24) is 9.97 Å². The highest BCUT2D eigenvalue weighted by molar-refractivity contribution is 7.16. The number of halogens is 3. The summed E-state index contributed by atoms with van der Waals surface area (Å²) in [6, 6.07) is 1.64. The quantitative estimate of drug-likeness (QED) is 0.571. The van der Waals surface area contributed by atoms with Gasteiger partial charge >= 0.3 is 6.18 Å². The number of hydrogen-bond acceptors (Lipinski definition) is 7. The Labute approximate surface area is 116 Å². The second-order valence-electron chi connectivity index (χ2n) is 3.91. The standard InChI is InChI=1S/C10H12F3N5OS/c11-10(12,13)5-18(2-3-19)7-6-1-4-20-8(6)16-9(15-7)17-14/h1,4,19H,2-3,5,14H2,(H,15,16,17). The third-order valence-electron chi connectivity index (χ3n) is 2.47. The van der Waals surface area contributed by atoms with Gasteiger partial charge in [-0.25, -0.2) is 10.8 Å². The maximum absolute atomic E-state index is 12.6. The molecule has 0 aromatic carbocycles. The topological polar surface area (TPSA) is 87.3 Å².